The van der Waals surface area contributed by atoms with E-state index in [4.69, 9.17) is 9.47 Å². The van der Waals surface area contributed by atoms with Crippen LogP contribution in [0.15, 0.2) is 83.8 Å². The summed E-state index contributed by atoms with van der Waals surface area (Å²) in [5.41, 5.74) is 0.903. The first kappa shape index (κ1) is 23.1. The number of carbonyl (C=O) groups excluding carboxylic acids is 1. The number of anilines is 2. The topological polar surface area (TPSA) is 93.7 Å². The molecule has 0 saturated heterocycles. The summed E-state index contributed by atoms with van der Waals surface area (Å²) in [6.07, 6.45) is -0.179. The van der Waals surface area contributed by atoms with E-state index in [1.807, 2.05) is 32.0 Å². The summed E-state index contributed by atoms with van der Waals surface area (Å²) >= 11 is 0. The first-order valence-corrected chi connectivity index (χ1v) is 11.8. The Hall–Kier alpha value is -3.52. The summed E-state index contributed by atoms with van der Waals surface area (Å²) in [5, 5.41) is 2.77. The molecule has 1 amide bonds. The van der Waals surface area contributed by atoms with Gasteiger partial charge in [0.15, 0.2) is 6.10 Å². The molecule has 0 heterocycles. The van der Waals surface area contributed by atoms with Gasteiger partial charge in [-0.1, -0.05) is 25.1 Å². The Labute approximate surface area is 188 Å². The van der Waals surface area contributed by atoms with Crippen LogP contribution in [0.5, 0.6) is 11.5 Å². The summed E-state index contributed by atoms with van der Waals surface area (Å²) < 4.78 is 38.9. The third-order valence-corrected chi connectivity index (χ3v) is 5.93. The van der Waals surface area contributed by atoms with Crippen molar-refractivity contribution in [3.63, 3.8) is 0 Å². The summed E-state index contributed by atoms with van der Waals surface area (Å²) in [6, 6.07) is 21.7. The fraction of sp³-hybridized carbons (Fsp3) is 0.208. The van der Waals surface area contributed by atoms with Crippen molar-refractivity contribution in [2.24, 2.45) is 0 Å². The van der Waals surface area contributed by atoms with E-state index in [0.29, 0.717) is 35.9 Å². The van der Waals surface area contributed by atoms with Crippen LogP contribution in [0.2, 0.25) is 0 Å². The van der Waals surface area contributed by atoms with Crippen LogP contribution in [0.3, 0.4) is 0 Å². The third-order valence-electron chi connectivity index (χ3n) is 4.53. The van der Waals surface area contributed by atoms with E-state index >= 15 is 0 Å². The molecule has 0 radical (unpaired) electrons. The Bertz CT molecular complexity index is 1120. The van der Waals surface area contributed by atoms with Crippen molar-refractivity contribution in [3.05, 3.63) is 78.9 Å². The number of nitrogens with one attached hydrogen (secondary N) is 2. The highest BCUT2D eigenvalue weighted by atomic mass is 32.2. The molecule has 0 aliphatic heterocycles. The second-order valence-electron chi connectivity index (χ2n) is 6.90. The number of rotatable bonds is 10. The van der Waals surface area contributed by atoms with Crippen LogP contribution < -0.4 is 19.5 Å². The van der Waals surface area contributed by atoms with Crippen molar-refractivity contribution >= 4 is 27.3 Å². The smallest absolute Gasteiger partial charge is 0.265 e. The lowest BCUT2D eigenvalue weighted by Crippen LogP contribution is -2.32. The minimum absolute atomic E-state index is 0.0805. The van der Waals surface area contributed by atoms with E-state index < -0.39 is 16.1 Å². The van der Waals surface area contributed by atoms with Gasteiger partial charge >= 0.3 is 0 Å². The van der Waals surface area contributed by atoms with E-state index in [-0.39, 0.29) is 10.8 Å². The molecule has 2 N–H and O–H groups in total. The maximum absolute atomic E-state index is 12.7. The minimum atomic E-state index is -3.77. The number of carbonyl (C=O) groups is 1. The van der Waals surface area contributed by atoms with Crippen molar-refractivity contribution in [2.75, 3.05) is 16.6 Å². The zero-order chi connectivity index (χ0) is 23.0. The van der Waals surface area contributed by atoms with Crippen LogP contribution in [-0.2, 0) is 14.8 Å². The quantitative estimate of drug-likeness (QED) is 0.464. The molecular weight excluding hydrogens is 428 g/mol. The zero-order valence-electron chi connectivity index (χ0n) is 17.9. The van der Waals surface area contributed by atoms with Gasteiger partial charge < -0.3 is 14.8 Å². The highest BCUT2D eigenvalue weighted by molar-refractivity contribution is 7.92. The van der Waals surface area contributed by atoms with Gasteiger partial charge in [0.2, 0.25) is 0 Å². The molecule has 0 aliphatic rings. The van der Waals surface area contributed by atoms with Crippen molar-refractivity contribution in [1.29, 1.82) is 0 Å². The molecule has 7 nitrogen and oxygen atoms in total. The van der Waals surface area contributed by atoms with Crippen LogP contribution >= 0.6 is 0 Å². The molecule has 3 aromatic rings. The van der Waals surface area contributed by atoms with E-state index in [9.17, 15) is 13.2 Å². The van der Waals surface area contributed by atoms with Gasteiger partial charge in [-0.25, -0.2) is 8.42 Å². The largest absolute Gasteiger partial charge is 0.494 e. The number of para-hydroxylation sites is 1. The molecule has 0 aromatic heterocycles. The molecule has 8 heteroatoms. The lowest BCUT2D eigenvalue weighted by Gasteiger charge is -2.17. The molecule has 1 atom stereocenters. The Morgan fingerprint density at radius 3 is 2.06 bits per heavy atom. The lowest BCUT2D eigenvalue weighted by molar-refractivity contribution is -0.122. The van der Waals surface area contributed by atoms with Crippen LogP contribution in [0.25, 0.3) is 0 Å². The Morgan fingerprint density at radius 2 is 1.47 bits per heavy atom. The summed E-state index contributed by atoms with van der Waals surface area (Å²) in [7, 11) is -3.77. The number of benzene rings is 3. The fourth-order valence-corrected chi connectivity index (χ4v) is 3.98. The molecule has 32 heavy (non-hydrogen) atoms. The van der Waals surface area contributed by atoms with Gasteiger partial charge in [-0.05, 0) is 74.0 Å². The van der Waals surface area contributed by atoms with Crippen molar-refractivity contribution in [3.8, 4) is 11.5 Å². The SMILES string of the molecule is CCOc1ccc(NS(=O)(=O)c2ccc(NC(=O)[C@@H](CC)Oc3ccccc3)cc2)cc1. The van der Waals surface area contributed by atoms with Crippen molar-refractivity contribution in [2.45, 2.75) is 31.3 Å². The Morgan fingerprint density at radius 1 is 0.844 bits per heavy atom. The first-order valence-electron chi connectivity index (χ1n) is 10.3. The van der Waals surface area contributed by atoms with E-state index in [2.05, 4.69) is 10.0 Å². The Balaban J connectivity index is 1.63. The zero-order valence-corrected chi connectivity index (χ0v) is 18.8. The highest BCUT2D eigenvalue weighted by Crippen LogP contribution is 2.21. The van der Waals surface area contributed by atoms with Gasteiger partial charge in [-0.15, -0.1) is 0 Å². The maximum atomic E-state index is 12.7. The van der Waals surface area contributed by atoms with Gasteiger partial charge in [0, 0.05) is 11.4 Å². The number of hydrogen-bond donors (Lipinski definition) is 2. The number of amides is 1. The number of ether oxygens (including phenoxy) is 2. The van der Waals surface area contributed by atoms with Gasteiger partial charge in [-0.2, -0.15) is 0 Å². The predicted molar refractivity (Wildman–Crippen MR) is 125 cm³/mol. The standard InChI is InChI=1S/C24H26N2O5S/c1-3-23(31-21-8-6-5-7-9-21)24(27)25-18-12-16-22(17-13-18)32(28,29)26-19-10-14-20(15-11-19)30-4-2/h5-17,23,26H,3-4H2,1-2H3,(H,25,27)/t23-/m1/s1. The third kappa shape index (κ3) is 6.24. The molecule has 3 aromatic carbocycles. The molecule has 0 aliphatic carbocycles. The van der Waals surface area contributed by atoms with E-state index in [1.54, 1.807) is 48.5 Å². The normalized spacial score (nSPS) is 11.9. The maximum Gasteiger partial charge on any atom is 0.265 e. The van der Waals surface area contributed by atoms with Crippen LogP contribution in [0, 0.1) is 0 Å². The fourth-order valence-electron chi connectivity index (χ4n) is 2.93. The molecule has 3 rings (SSSR count). The molecular formula is C24H26N2O5S. The second kappa shape index (κ2) is 10.7. The molecule has 0 bridgehead atoms. The van der Waals surface area contributed by atoms with E-state index in [0.717, 1.165) is 0 Å². The summed E-state index contributed by atoms with van der Waals surface area (Å²) in [4.78, 5) is 12.6. The Kier molecular flexibility index (Phi) is 7.72. The van der Waals surface area contributed by atoms with Gasteiger partial charge in [0.1, 0.15) is 11.5 Å². The molecule has 168 valence electrons. The summed E-state index contributed by atoms with van der Waals surface area (Å²) in [6.45, 7) is 4.27. The van der Waals surface area contributed by atoms with Crippen LogP contribution in [0.4, 0.5) is 11.4 Å². The monoisotopic (exact) mass is 454 g/mol. The molecule has 0 spiro atoms. The van der Waals surface area contributed by atoms with Crippen molar-refractivity contribution in [1.82, 2.24) is 0 Å². The lowest BCUT2D eigenvalue weighted by atomic mass is 10.2. The highest BCUT2D eigenvalue weighted by Gasteiger charge is 2.19. The van der Waals surface area contributed by atoms with Crippen LogP contribution in [-0.4, -0.2) is 27.0 Å². The minimum Gasteiger partial charge on any atom is -0.494 e. The second-order valence-corrected chi connectivity index (χ2v) is 8.59. The number of hydrogen-bond acceptors (Lipinski definition) is 5. The molecule has 0 fully saturated rings. The van der Waals surface area contributed by atoms with Gasteiger partial charge in [0.25, 0.3) is 15.9 Å². The molecule has 0 unspecified atom stereocenters. The van der Waals surface area contributed by atoms with Crippen molar-refractivity contribution < 1.29 is 22.7 Å². The predicted octanol–water partition coefficient (Wildman–Crippen LogP) is 4.68. The average Bonchev–Trinajstić information content (AvgIpc) is 2.80. The summed E-state index contributed by atoms with van der Waals surface area (Å²) in [5.74, 6) is 0.966. The average molecular weight is 455 g/mol. The number of sulfonamides is 1. The van der Waals surface area contributed by atoms with Crippen LogP contribution in [0.1, 0.15) is 20.3 Å². The van der Waals surface area contributed by atoms with E-state index in [1.165, 1.54) is 12.1 Å². The first-order chi connectivity index (χ1) is 15.4. The molecule has 0 saturated carbocycles. The van der Waals surface area contributed by atoms with Gasteiger partial charge in [0.05, 0.1) is 11.5 Å². The van der Waals surface area contributed by atoms with Gasteiger partial charge in [-0.3, -0.25) is 9.52 Å².